The molecule has 0 spiro atoms. The Morgan fingerprint density at radius 3 is 2.25 bits per heavy atom. The molecule has 5 nitrogen and oxygen atoms in total. The van der Waals surface area contributed by atoms with Gasteiger partial charge in [-0.15, -0.1) is 0 Å². The number of hydrogen-bond acceptors (Lipinski definition) is 4. The van der Waals surface area contributed by atoms with E-state index in [4.69, 9.17) is 0 Å². The monoisotopic (exact) mass is 248 g/mol. The van der Waals surface area contributed by atoms with Gasteiger partial charge in [0.05, 0.1) is 0 Å². The third kappa shape index (κ3) is 2.95. The van der Waals surface area contributed by atoms with Crippen LogP contribution in [0.3, 0.4) is 0 Å². The fourth-order valence-electron chi connectivity index (χ4n) is 1.49. The lowest BCUT2D eigenvalue weighted by atomic mass is 10.1. The Kier molecular flexibility index (Phi) is 3.96. The van der Waals surface area contributed by atoms with Crippen LogP contribution in [0.1, 0.15) is 26.7 Å². The van der Waals surface area contributed by atoms with Crippen LogP contribution in [-0.2, 0) is 14.6 Å². The third-order valence-corrected chi connectivity index (χ3v) is 5.19. The number of hydrogen-bond donors (Lipinski definition) is 2. The van der Waals surface area contributed by atoms with Crippen molar-refractivity contribution in [3.8, 4) is 0 Å². The quantitative estimate of drug-likeness (QED) is 0.717. The standard InChI is InChI=1S/C10H20N2O3S/c1-10(2,16(3,14)15)9(13)12-8-4-6-11-7-5-8/h8,11H,4-7H2,1-3H3,(H,12,13). The second-order valence-corrected chi connectivity index (χ2v) is 7.35. The highest BCUT2D eigenvalue weighted by molar-refractivity contribution is 7.92. The average Bonchev–Trinajstić information content (AvgIpc) is 2.17. The van der Waals surface area contributed by atoms with Crippen LogP contribution in [0.4, 0.5) is 0 Å². The van der Waals surface area contributed by atoms with E-state index in [2.05, 4.69) is 10.6 Å². The van der Waals surface area contributed by atoms with Crippen LogP contribution in [0.25, 0.3) is 0 Å². The van der Waals surface area contributed by atoms with Gasteiger partial charge in [0.25, 0.3) is 0 Å². The molecule has 6 heteroatoms. The summed E-state index contributed by atoms with van der Waals surface area (Å²) in [4.78, 5) is 11.9. The van der Waals surface area contributed by atoms with E-state index in [9.17, 15) is 13.2 Å². The van der Waals surface area contributed by atoms with E-state index in [0.29, 0.717) is 0 Å². The zero-order chi connectivity index (χ0) is 12.4. The molecule has 0 aliphatic carbocycles. The van der Waals surface area contributed by atoms with Gasteiger partial charge >= 0.3 is 0 Å². The lowest BCUT2D eigenvalue weighted by Gasteiger charge is -2.28. The minimum Gasteiger partial charge on any atom is -0.352 e. The van der Waals surface area contributed by atoms with Gasteiger partial charge in [0.2, 0.25) is 5.91 Å². The maximum absolute atomic E-state index is 11.9. The molecule has 1 fully saturated rings. The van der Waals surface area contributed by atoms with E-state index < -0.39 is 20.5 Å². The number of rotatable bonds is 3. The molecule has 0 aromatic carbocycles. The van der Waals surface area contributed by atoms with Gasteiger partial charge < -0.3 is 10.6 Å². The van der Waals surface area contributed by atoms with Gasteiger partial charge in [0.15, 0.2) is 9.84 Å². The molecule has 16 heavy (non-hydrogen) atoms. The maximum Gasteiger partial charge on any atom is 0.241 e. The molecule has 0 aromatic rings. The van der Waals surface area contributed by atoms with Crippen LogP contribution in [-0.4, -0.2) is 44.5 Å². The zero-order valence-electron chi connectivity index (χ0n) is 10.0. The summed E-state index contributed by atoms with van der Waals surface area (Å²) in [6.07, 6.45) is 2.80. The van der Waals surface area contributed by atoms with Crippen LogP contribution in [0.15, 0.2) is 0 Å². The van der Waals surface area contributed by atoms with Gasteiger partial charge in [0, 0.05) is 12.3 Å². The number of carbonyl (C=O) groups is 1. The van der Waals surface area contributed by atoms with E-state index in [1.54, 1.807) is 0 Å². The molecule has 0 radical (unpaired) electrons. The van der Waals surface area contributed by atoms with Crippen LogP contribution in [0, 0.1) is 0 Å². The predicted molar refractivity (Wildman–Crippen MR) is 63.0 cm³/mol. The molecule has 0 unspecified atom stereocenters. The van der Waals surface area contributed by atoms with E-state index >= 15 is 0 Å². The van der Waals surface area contributed by atoms with Crippen molar-refractivity contribution in [2.45, 2.75) is 37.5 Å². The van der Waals surface area contributed by atoms with E-state index in [0.717, 1.165) is 32.2 Å². The third-order valence-electron chi connectivity index (χ3n) is 3.15. The highest BCUT2D eigenvalue weighted by Crippen LogP contribution is 2.16. The van der Waals surface area contributed by atoms with Gasteiger partial charge in [-0.3, -0.25) is 4.79 Å². The Hall–Kier alpha value is -0.620. The van der Waals surface area contributed by atoms with Gasteiger partial charge in [0.1, 0.15) is 4.75 Å². The molecular weight excluding hydrogens is 228 g/mol. The Balaban J connectivity index is 2.64. The molecule has 1 aliphatic heterocycles. The average molecular weight is 248 g/mol. The first-order chi connectivity index (χ1) is 7.25. The fourth-order valence-corrected chi connectivity index (χ4v) is 1.89. The van der Waals surface area contributed by atoms with Gasteiger partial charge in [-0.2, -0.15) is 0 Å². The SMILES string of the molecule is CC(C)(C(=O)NC1CCNCC1)S(C)(=O)=O. The Labute approximate surface area is 96.9 Å². The first-order valence-electron chi connectivity index (χ1n) is 5.46. The van der Waals surface area contributed by atoms with Crippen molar-refractivity contribution >= 4 is 15.7 Å². The van der Waals surface area contributed by atoms with Crippen molar-refractivity contribution in [3.05, 3.63) is 0 Å². The lowest BCUT2D eigenvalue weighted by molar-refractivity contribution is -0.123. The number of sulfone groups is 1. The first kappa shape index (κ1) is 13.4. The van der Waals surface area contributed by atoms with Gasteiger partial charge in [-0.05, 0) is 39.8 Å². The smallest absolute Gasteiger partial charge is 0.241 e. The van der Waals surface area contributed by atoms with Crippen LogP contribution >= 0.6 is 0 Å². The largest absolute Gasteiger partial charge is 0.352 e. The molecule has 1 heterocycles. The summed E-state index contributed by atoms with van der Waals surface area (Å²) in [6, 6.07) is 0.0924. The predicted octanol–water partition coefficient (Wildman–Crippen LogP) is -0.322. The molecule has 0 bridgehead atoms. The van der Waals surface area contributed by atoms with Gasteiger partial charge in [-0.25, -0.2) is 8.42 Å². The second kappa shape index (κ2) is 4.71. The van der Waals surface area contributed by atoms with E-state index in [1.807, 2.05) is 0 Å². The van der Waals surface area contributed by atoms with Crippen LogP contribution < -0.4 is 10.6 Å². The summed E-state index contributed by atoms with van der Waals surface area (Å²) in [5.74, 6) is -0.401. The van der Waals surface area contributed by atoms with E-state index in [-0.39, 0.29) is 6.04 Å². The summed E-state index contributed by atoms with van der Waals surface area (Å²) in [7, 11) is -3.38. The summed E-state index contributed by atoms with van der Waals surface area (Å²) >= 11 is 0. The van der Waals surface area contributed by atoms with Crippen molar-refractivity contribution < 1.29 is 13.2 Å². The summed E-state index contributed by atoms with van der Waals surface area (Å²) in [6.45, 7) is 4.62. The Morgan fingerprint density at radius 1 is 1.31 bits per heavy atom. The van der Waals surface area contributed by atoms with Crippen LogP contribution in [0.5, 0.6) is 0 Å². The molecule has 0 atom stereocenters. The highest BCUT2D eigenvalue weighted by atomic mass is 32.2. The maximum atomic E-state index is 11.9. The number of amides is 1. The molecular formula is C10H20N2O3S. The molecule has 1 saturated heterocycles. The molecule has 0 aromatic heterocycles. The van der Waals surface area contributed by atoms with Crippen molar-refractivity contribution in [2.24, 2.45) is 0 Å². The zero-order valence-corrected chi connectivity index (χ0v) is 10.9. The summed E-state index contributed by atoms with van der Waals surface area (Å²) in [5.41, 5.74) is 0. The van der Waals surface area contributed by atoms with Crippen molar-refractivity contribution in [2.75, 3.05) is 19.3 Å². The minimum atomic E-state index is -3.38. The van der Waals surface area contributed by atoms with Crippen molar-refractivity contribution in [3.63, 3.8) is 0 Å². The van der Waals surface area contributed by atoms with Crippen molar-refractivity contribution in [1.29, 1.82) is 0 Å². The fraction of sp³-hybridized carbons (Fsp3) is 0.900. The van der Waals surface area contributed by atoms with E-state index in [1.165, 1.54) is 13.8 Å². The first-order valence-corrected chi connectivity index (χ1v) is 7.35. The van der Waals surface area contributed by atoms with Gasteiger partial charge in [-0.1, -0.05) is 0 Å². The molecule has 1 amide bonds. The Morgan fingerprint density at radius 2 is 1.81 bits per heavy atom. The molecule has 94 valence electrons. The van der Waals surface area contributed by atoms with Crippen molar-refractivity contribution in [1.82, 2.24) is 10.6 Å². The molecule has 1 aliphatic rings. The highest BCUT2D eigenvalue weighted by Gasteiger charge is 2.39. The summed E-state index contributed by atoms with van der Waals surface area (Å²) < 4.78 is 21.6. The molecule has 2 N–H and O–H groups in total. The molecule has 0 saturated carbocycles. The topological polar surface area (TPSA) is 75.3 Å². The normalized spacial score (nSPS) is 19.4. The number of carbonyl (C=O) groups excluding carboxylic acids is 1. The lowest BCUT2D eigenvalue weighted by Crippen LogP contribution is -2.52. The molecule has 1 rings (SSSR count). The van der Waals surface area contributed by atoms with Crippen LogP contribution in [0.2, 0.25) is 0 Å². The Bertz CT molecular complexity index is 356. The second-order valence-electron chi connectivity index (χ2n) is 4.78. The number of piperidine rings is 1. The minimum absolute atomic E-state index is 0.0924. The number of nitrogens with one attached hydrogen (secondary N) is 2. The summed E-state index contributed by atoms with van der Waals surface area (Å²) in [5, 5.41) is 5.99.